The number of allylic oxidation sites excluding steroid dienone is 2. The monoisotopic (exact) mass is 270 g/mol. The van der Waals surface area contributed by atoms with E-state index in [-0.39, 0.29) is 23.2 Å². The van der Waals surface area contributed by atoms with Gasteiger partial charge in [-0.15, -0.1) is 0 Å². The maximum absolute atomic E-state index is 12.1. The lowest BCUT2D eigenvalue weighted by Gasteiger charge is -2.27. The minimum atomic E-state index is -0.263. The number of carbonyl (C=O) groups excluding carboxylic acids is 2. The van der Waals surface area contributed by atoms with Crippen molar-refractivity contribution in [2.45, 2.75) is 6.42 Å². The van der Waals surface area contributed by atoms with E-state index < -0.39 is 0 Å². The van der Waals surface area contributed by atoms with Crippen LogP contribution in [-0.2, 0) is 20.7 Å². The van der Waals surface area contributed by atoms with Crippen LogP contribution in [0.15, 0.2) is 47.7 Å². The van der Waals surface area contributed by atoms with Gasteiger partial charge in [0, 0.05) is 17.6 Å². The molecule has 0 N–H and O–H groups in total. The summed E-state index contributed by atoms with van der Waals surface area (Å²) in [5.74, 6) is 0.425. The third kappa shape index (κ3) is 2.13. The molecular weight excluding hydrogens is 256 g/mol. The van der Waals surface area contributed by atoms with Gasteiger partial charge in [-0.05, 0) is 24.1 Å². The second-order valence-corrected chi connectivity index (χ2v) is 4.86. The van der Waals surface area contributed by atoms with E-state index in [1.165, 1.54) is 19.3 Å². The standard InChI is InChI=1S/C16H14O4/c1-19-16-8-13(17)12(7-14(16)18)11-6-10-4-2-3-5-15(10)20-9-11/h2-5,7-8,11H,6,9H2,1H3. The van der Waals surface area contributed by atoms with Gasteiger partial charge in [-0.1, -0.05) is 18.2 Å². The lowest BCUT2D eigenvalue weighted by molar-refractivity contribution is -0.117. The summed E-state index contributed by atoms with van der Waals surface area (Å²) in [6.45, 7) is 0.415. The van der Waals surface area contributed by atoms with Crippen molar-refractivity contribution in [3.63, 3.8) is 0 Å². The first-order chi connectivity index (χ1) is 9.69. The number of ether oxygens (including phenoxy) is 2. The Morgan fingerprint density at radius 3 is 2.75 bits per heavy atom. The number of rotatable bonds is 2. The lowest BCUT2D eigenvalue weighted by atomic mass is 9.85. The molecule has 0 fully saturated rings. The van der Waals surface area contributed by atoms with Crippen LogP contribution in [0, 0.1) is 5.92 Å². The summed E-state index contributed by atoms with van der Waals surface area (Å²) >= 11 is 0. The van der Waals surface area contributed by atoms with Crippen molar-refractivity contribution in [1.29, 1.82) is 0 Å². The maximum atomic E-state index is 12.1. The topological polar surface area (TPSA) is 52.6 Å². The van der Waals surface area contributed by atoms with E-state index in [9.17, 15) is 9.59 Å². The van der Waals surface area contributed by atoms with E-state index in [2.05, 4.69) is 0 Å². The van der Waals surface area contributed by atoms with Gasteiger partial charge in [0.05, 0.1) is 13.7 Å². The van der Waals surface area contributed by atoms with Crippen LogP contribution in [0.5, 0.6) is 5.75 Å². The molecule has 1 atom stereocenters. The molecular formula is C16H14O4. The Morgan fingerprint density at radius 2 is 1.95 bits per heavy atom. The van der Waals surface area contributed by atoms with Gasteiger partial charge in [-0.25, -0.2) is 0 Å². The molecule has 1 aromatic carbocycles. The molecule has 0 spiro atoms. The predicted molar refractivity (Wildman–Crippen MR) is 72.3 cm³/mol. The fourth-order valence-electron chi connectivity index (χ4n) is 2.56. The van der Waals surface area contributed by atoms with Crippen molar-refractivity contribution in [3.05, 3.63) is 53.3 Å². The van der Waals surface area contributed by atoms with E-state index >= 15 is 0 Å². The summed E-state index contributed by atoms with van der Waals surface area (Å²) in [4.78, 5) is 23.9. The fraction of sp³-hybridized carbons (Fsp3) is 0.250. The van der Waals surface area contributed by atoms with E-state index in [4.69, 9.17) is 9.47 Å². The number of carbonyl (C=O) groups is 2. The molecule has 4 nitrogen and oxygen atoms in total. The molecule has 1 aliphatic carbocycles. The zero-order chi connectivity index (χ0) is 14.1. The average molecular weight is 270 g/mol. The Balaban J connectivity index is 1.86. The van der Waals surface area contributed by atoms with Crippen LogP contribution in [0.25, 0.3) is 0 Å². The van der Waals surface area contributed by atoms with Crippen LogP contribution in [0.3, 0.4) is 0 Å². The van der Waals surface area contributed by atoms with Crippen LogP contribution >= 0.6 is 0 Å². The van der Waals surface area contributed by atoms with E-state index in [1.807, 2.05) is 24.3 Å². The first kappa shape index (κ1) is 12.7. The summed E-state index contributed by atoms with van der Waals surface area (Å²) < 4.78 is 10.6. The van der Waals surface area contributed by atoms with Crippen LogP contribution in [-0.4, -0.2) is 25.3 Å². The normalized spacial score (nSPS) is 21.6. The van der Waals surface area contributed by atoms with Crippen LogP contribution in [0.2, 0.25) is 0 Å². The highest BCUT2D eigenvalue weighted by Crippen LogP contribution is 2.31. The Labute approximate surface area is 116 Å². The van der Waals surface area contributed by atoms with Crippen LogP contribution < -0.4 is 4.74 Å². The van der Waals surface area contributed by atoms with Crippen molar-refractivity contribution in [2.24, 2.45) is 5.92 Å². The largest absolute Gasteiger partial charge is 0.493 e. The molecule has 2 aliphatic rings. The molecule has 0 radical (unpaired) electrons. The molecule has 4 heteroatoms. The molecule has 0 bridgehead atoms. The van der Waals surface area contributed by atoms with Gasteiger partial charge < -0.3 is 9.47 Å². The molecule has 1 heterocycles. The smallest absolute Gasteiger partial charge is 0.220 e. The summed E-state index contributed by atoms with van der Waals surface area (Å²) in [5.41, 5.74) is 1.57. The molecule has 1 unspecified atom stereocenters. The van der Waals surface area contributed by atoms with Gasteiger partial charge in [0.25, 0.3) is 0 Å². The third-order valence-corrected chi connectivity index (χ3v) is 3.61. The predicted octanol–water partition coefficient (Wildman–Crippen LogP) is 1.85. The quantitative estimate of drug-likeness (QED) is 0.770. The first-order valence-electron chi connectivity index (χ1n) is 6.45. The highest BCUT2D eigenvalue weighted by molar-refractivity contribution is 6.19. The number of fused-ring (bicyclic) bond motifs is 1. The summed E-state index contributed by atoms with van der Waals surface area (Å²) in [5, 5.41) is 0. The van der Waals surface area contributed by atoms with Gasteiger partial charge in [0.15, 0.2) is 11.5 Å². The first-order valence-corrected chi connectivity index (χ1v) is 6.45. The minimum Gasteiger partial charge on any atom is -0.493 e. The number of methoxy groups -OCH3 is 1. The van der Waals surface area contributed by atoms with Crippen molar-refractivity contribution >= 4 is 11.6 Å². The zero-order valence-corrected chi connectivity index (χ0v) is 11.1. The lowest BCUT2D eigenvalue weighted by Crippen LogP contribution is -2.28. The molecule has 0 saturated carbocycles. The summed E-state index contributed by atoms with van der Waals surface area (Å²) in [6, 6.07) is 7.75. The molecule has 20 heavy (non-hydrogen) atoms. The molecule has 1 aliphatic heterocycles. The van der Waals surface area contributed by atoms with Crippen LogP contribution in [0.1, 0.15) is 5.56 Å². The second-order valence-electron chi connectivity index (χ2n) is 4.86. The third-order valence-electron chi connectivity index (χ3n) is 3.61. The zero-order valence-electron chi connectivity index (χ0n) is 11.1. The maximum Gasteiger partial charge on any atom is 0.220 e. The highest BCUT2D eigenvalue weighted by Gasteiger charge is 2.30. The van der Waals surface area contributed by atoms with Crippen molar-refractivity contribution < 1.29 is 19.1 Å². The van der Waals surface area contributed by atoms with Crippen molar-refractivity contribution in [3.8, 4) is 5.75 Å². The molecule has 0 saturated heterocycles. The average Bonchev–Trinajstić information content (AvgIpc) is 2.48. The Hall–Kier alpha value is -2.36. The molecule has 0 amide bonds. The summed E-state index contributed by atoms with van der Waals surface area (Å²) in [6.07, 6.45) is 3.35. The minimum absolute atomic E-state index is 0.0870. The van der Waals surface area contributed by atoms with Gasteiger partial charge in [-0.2, -0.15) is 0 Å². The Kier molecular flexibility index (Phi) is 3.14. The SMILES string of the molecule is COC1=CC(=O)C(C2COc3ccccc3C2)=CC1=O. The van der Waals surface area contributed by atoms with Gasteiger partial charge in [0.1, 0.15) is 5.75 Å². The number of hydrogen-bond donors (Lipinski definition) is 0. The molecule has 102 valence electrons. The van der Waals surface area contributed by atoms with Crippen molar-refractivity contribution in [2.75, 3.05) is 13.7 Å². The van der Waals surface area contributed by atoms with Gasteiger partial charge in [0.2, 0.25) is 5.78 Å². The Bertz CT molecular complexity index is 640. The van der Waals surface area contributed by atoms with Gasteiger partial charge in [-0.3, -0.25) is 9.59 Å². The number of ketones is 2. The molecule has 1 aromatic rings. The summed E-state index contributed by atoms with van der Waals surface area (Å²) in [7, 11) is 1.38. The molecule has 0 aromatic heterocycles. The number of hydrogen-bond acceptors (Lipinski definition) is 4. The van der Waals surface area contributed by atoms with Gasteiger partial charge >= 0.3 is 0 Å². The van der Waals surface area contributed by atoms with E-state index in [1.54, 1.807) is 0 Å². The van der Waals surface area contributed by atoms with E-state index in [0.717, 1.165) is 11.3 Å². The van der Waals surface area contributed by atoms with Crippen LogP contribution in [0.4, 0.5) is 0 Å². The fourth-order valence-corrected chi connectivity index (χ4v) is 2.56. The Morgan fingerprint density at radius 1 is 1.15 bits per heavy atom. The number of benzene rings is 1. The molecule has 3 rings (SSSR count). The van der Waals surface area contributed by atoms with Crippen molar-refractivity contribution in [1.82, 2.24) is 0 Å². The number of para-hydroxylation sites is 1. The highest BCUT2D eigenvalue weighted by atomic mass is 16.5. The van der Waals surface area contributed by atoms with E-state index in [0.29, 0.717) is 18.6 Å². The second kappa shape index (κ2) is 4.96.